The lowest BCUT2D eigenvalue weighted by molar-refractivity contribution is 0.0643. The zero-order valence-corrected chi connectivity index (χ0v) is 15.1. The van der Waals surface area contributed by atoms with E-state index < -0.39 is 0 Å². The molecular formula is C22H29N3. The molecule has 1 N–H and O–H groups in total. The van der Waals surface area contributed by atoms with Gasteiger partial charge in [0, 0.05) is 24.7 Å². The van der Waals surface area contributed by atoms with Gasteiger partial charge in [-0.15, -0.1) is 0 Å². The first kappa shape index (κ1) is 15.8. The molecular weight excluding hydrogens is 306 g/mol. The van der Waals surface area contributed by atoms with Crippen LogP contribution in [0.15, 0.2) is 30.5 Å². The summed E-state index contributed by atoms with van der Waals surface area (Å²) in [6.07, 6.45) is 12.2. The molecule has 3 aliphatic rings. The molecule has 1 atom stereocenters. The van der Waals surface area contributed by atoms with Crippen LogP contribution in [-0.4, -0.2) is 29.5 Å². The number of likely N-dealkylation sites (tertiary alicyclic amines) is 1. The van der Waals surface area contributed by atoms with E-state index in [9.17, 15) is 0 Å². The van der Waals surface area contributed by atoms with Crippen molar-refractivity contribution < 1.29 is 0 Å². The van der Waals surface area contributed by atoms with Crippen LogP contribution in [0.2, 0.25) is 0 Å². The van der Waals surface area contributed by atoms with Crippen molar-refractivity contribution >= 4 is 10.8 Å². The van der Waals surface area contributed by atoms with Crippen molar-refractivity contribution in [1.29, 1.82) is 0 Å². The van der Waals surface area contributed by atoms with E-state index in [1.807, 2.05) is 6.20 Å². The highest BCUT2D eigenvalue weighted by Gasteiger charge is 2.35. The van der Waals surface area contributed by atoms with Gasteiger partial charge in [-0.2, -0.15) is 0 Å². The summed E-state index contributed by atoms with van der Waals surface area (Å²) < 4.78 is 0. The van der Waals surface area contributed by atoms with E-state index in [1.165, 1.54) is 80.1 Å². The van der Waals surface area contributed by atoms with Crippen LogP contribution in [0.1, 0.15) is 62.2 Å². The van der Waals surface area contributed by atoms with Crippen LogP contribution in [0.4, 0.5) is 0 Å². The average Bonchev–Trinajstić information content (AvgIpc) is 3.50. The fourth-order valence-corrected chi connectivity index (χ4v) is 5.19. The highest BCUT2D eigenvalue weighted by atomic mass is 15.1. The fourth-order valence-electron chi connectivity index (χ4n) is 5.19. The van der Waals surface area contributed by atoms with E-state index >= 15 is 0 Å². The molecule has 3 nitrogen and oxygen atoms in total. The lowest BCUT2D eigenvalue weighted by atomic mass is 9.68. The van der Waals surface area contributed by atoms with Gasteiger partial charge in [0.25, 0.3) is 0 Å². The van der Waals surface area contributed by atoms with Crippen molar-refractivity contribution in [3.05, 3.63) is 41.7 Å². The van der Waals surface area contributed by atoms with Gasteiger partial charge >= 0.3 is 0 Å². The Balaban J connectivity index is 1.34. The molecule has 1 aliphatic carbocycles. The SMILES string of the molecule is c1cc(CN2CCC3(CCCCC3)CC2)c2ccnc(C3CN3)c2c1. The second-order valence-electron chi connectivity index (χ2n) is 8.51. The van der Waals surface area contributed by atoms with E-state index in [-0.39, 0.29) is 0 Å². The Morgan fingerprint density at radius 2 is 1.80 bits per heavy atom. The number of hydrogen-bond acceptors (Lipinski definition) is 3. The monoisotopic (exact) mass is 335 g/mol. The molecule has 3 heterocycles. The molecule has 2 aromatic rings. The van der Waals surface area contributed by atoms with E-state index in [4.69, 9.17) is 0 Å². The van der Waals surface area contributed by atoms with Gasteiger partial charge < -0.3 is 5.32 Å². The van der Waals surface area contributed by atoms with Gasteiger partial charge in [0.1, 0.15) is 0 Å². The van der Waals surface area contributed by atoms with E-state index in [0.717, 1.165) is 13.1 Å². The third kappa shape index (κ3) is 3.09. The van der Waals surface area contributed by atoms with Crippen LogP contribution in [0.25, 0.3) is 10.8 Å². The Morgan fingerprint density at radius 1 is 1.00 bits per heavy atom. The third-order valence-electron chi connectivity index (χ3n) is 6.89. The Morgan fingerprint density at radius 3 is 2.56 bits per heavy atom. The summed E-state index contributed by atoms with van der Waals surface area (Å²) in [6.45, 7) is 4.72. The molecule has 2 aliphatic heterocycles. The number of benzene rings is 1. The number of fused-ring (bicyclic) bond motifs is 1. The predicted octanol–water partition coefficient (Wildman–Crippen LogP) is 4.43. The average molecular weight is 335 g/mol. The van der Waals surface area contributed by atoms with E-state index in [1.54, 1.807) is 0 Å². The third-order valence-corrected chi connectivity index (χ3v) is 6.89. The first-order chi connectivity index (χ1) is 12.3. The van der Waals surface area contributed by atoms with Crippen LogP contribution >= 0.6 is 0 Å². The van der Waals surface area contributed by atoms with Crippen molar-refractivity contribution in [2.75, 3.05) is 19.6 Å². The topological polar surface area (TPSA) is 38.1 Å². The second kappa shape index (κ2) is 6.37. The van der Waals surface area contributed by atoms with E-state index in [0.29, 0.717) is 11.5 Å². The first-order valence-corrected chi connectivity index (χ1v) is 10.2. The molecule has 1 aromatic heterocycles. The number of piperidine rings is 1. The first-order valence-electron chi connectivity index (χ1n) is 10.2. The van der Waals surface area contributed by atoms with Gasteiger partial charge in [-0.05, 0) is 61.2 Å². The van der Waals surface area contributed by atoms with Crippen molar-refractivity contribution in [2.45, 2.75) is 57.5 Å². The maximum atomic E-state index is 4.64. The van der Waals surface area contributed by atoms with Crippen LogP contribution in [0.3, 0.4) is 0 Å². The Bertz CT molecular complexity index is 749. The van der Waals surface area contributed by atoms with Crippen molar-refractivity contribution in [2.24, 2.45) is 5.41 Å². The van der Waals surface area contributed by atoms with Crippen LogP contribution < -0.4 is 5.32 Å². The maximum Gasteiger partial charge on any atom is 0.0664 e. The largest absolute Gasteiger partial charge is 0.306 e. The lowest BCUT2D eigenvalue weighted by Gasteiger charge is -2.44. The van der Waals surface area contributed by atoms with Crippen LogP contribution in [-0.2, 0) is 6.54 Å². The molecule has 2 saturated heterocycles. The molecule has 0 radical (unpaired) electrons. The van der Waals surface area contributed by atoms with Crippen molar-refractivity contribution in [3.63, 3.8) is 0 Å². The summed E-state index contributed by atoms with van der Waals surface area (Å²) in [5, 5.41) is 6.15. The zero-order chi connectivity index (χ0) is 16.7. The van der Waals surface area contributed by atoms with Gasteiger partial charge in [0.15, 0.2) is 0 Å². The van der Waals surface area contributed by atoms with Crippen LogP contribution in [0, 0.1) is 5.41 Å². The summed E-state index contributed by atoms with van der Waals surface area (Å²) in [7, 11) is 0. The minimum absolute atomic E-state index is 0.472. The summed E-state index contributed by atoms with van der Waals surface area (Å²) in [6, 6.07) is 9.47. The number of hydrogen-bond donors (Lipinski definition) is 1. The number of pyridine rings is 1. The molecule has 1 unspecified atom stereocenters. The number of nitrogens with one attached hydrogen (secondary N) is 1. The molecule has 1 spiro atoms. The highest BCUT2D eigenvalue weighted by molar-refractivity contribution is 5.88. The second-order valence-corrected chi connectivity index (χ2v) is 8.51. The quantitative estimate of drug-likeness (QED) is 0.844. The normalized spacial score (nSPS) is 26.2. The molecule has 0 amide bonds. The molecule has 1 saturated carbocycles. The zero-order valence-electron chi connectivity index (χ0n) is 15.1. The highest BCUT2D eigenvalue weighted by Crippen LogP contribution is 2.44. The number of nitrogens with zero attached hydrogens (tertiary/aromatic N) is 2. The Kier molecular flexibility index (Phi) is 4.02. The summed E-state index contributed by atoms with van der Waals surface area (Å²) in [4.78, 5) is 7.32. The molecule has 1 aromatic carbocycles. The Labute approximate surface area is 150 Å². The summed E-state index contributed by atoms with van der Waals surface area (Å²) in [5.41, 5.74) is 3.41. The molecule has 25 heavy (non-hydrogen) atoms. The number of rotatable bonds is 3. The van der Waals surface area contributed by atoms with Crippen molar-refractivity contribution in [3.8, 4) is 0 Å². The predicted molar refractivity (Wildman–Crippen MR) is 103 cm³/mol. The van der Waals surface area contributed by atoms with Crippen LogP contribution in [0.5, 0.6) is 0 Å². The van der Waals surface area contributed by atoms with Gasteiger partial charge in [0.05, 0.1) is 11.7 Å². The Hall–Kier alpha value is -1.45. The van der Waals surface area contributed by atoms with Gasteiger partial charge in [-0.3, -0.25) is 9.88 Å². The van der Waals surface area contributed by atoms with Gasteiger partial charge in [-0.1, -0.05) is 37.5 Å². The molecule has 5 rings (SSSR count). The molecule has 3 heteroatoms. The summed E-state index contributed by atoms with van der Waals surface area (Å²) in [5.74, 6) is 0. The summed E-state index contributed by atoms with van der Waals surface area (Å²) >= 11 is 0. The van der Waals surface area contributed by atoms with E-state index in [2.05, 4.69) is 39.5 Å². The molecule has 3 fully saturated rings. The van der Waals surface area contributed by atoms with Crippen molar-refractivity contribution in [1.82, 2.24) is 15.2 Å². The maximum absolute atomic E-state index is 4.64. The minimum Gasteiger partial charge on any atom is -0.306 e. The molecule has 132 valence electrons. The van der Waals surface area contributed by atoms with Gasteiger partial charge in [-0.25, -0.2) is 0 Å². The number of aromatic nitrogens is 1. The standard InChI is InChI=1S/C22H29N3/c1-2-8-22(9-3-1)10-13-25(14-11-22)16-17-5-4-6-19-18(17)7-12-23-21(19)20-15-24-20/h4-7,12,20,24H,1-3,8-11,13-16H2. The smallest absolute Gasteiger partial charge is 0.0664 e. The molecule has 0 bridgehead atoms. The lowest BCUT2D eigenvalue weighted by Crippen LogP contribution is -2.40. The van der Waals surface area contributed by atoms with Gasteiger partial charge in [0.2, 0.25) is 0 Å². The minimum atomic E-state index is 0.472. The fraction of sp³-hybridized carbons (Fsp3) is 0.591.